The summed E-state index contributed by atoms with van der Waals surface area (Å²) in [4.78, 5) is 66.2. The largest absolute Gasteiger partial charge is 0.460 e. The molecule has 0 unspecified atom stereocenters. The monoisotopic (exact) mass is 1150 g/mol. The molecule has 0 aliphatic carbocycles. The number of hydrogen-bond acceptors (Lipinski definition) is 6. The SMILES string of the molecule is CC(C)(C)C(=O)CC(=O)C(F)(F)C(F)(F)C(F)(F)F.CC(C)(C)C(=O)CC(=O)C(F)(F)C(F)(F)C(F)(F)F.CC(C)(C)C(=O)CC(=O)C(F)(F)C(F)(F)C(F)(F)F.[Lr]. The van der Waals surface area contributed by atoms with Gasteiger partial charge in [-0.15, -0.1) is 0 Å². The fourth-order valence-electron chi connectivity index (χ4n) is 2.63. The number of rotatable bonds is 12. The quantitative estimate of drug-likeness (QED) is 0.143. The third-order valence-electron chi connectivity index (χ3n) is 6.77. The van der Waals surface area contributed by atoms with Crippen molar-refractivity contribution in [3.05, 3.63) is 0 Å². The van der Waals surface area contributed by atoms with E-state index in [9.17, 15) is 121 Å². The zero-order valence-electron chi connectivity index (χ0n) is 30.8. The van der Waals surface area contributed by atoms with Gasteiger partial charge in [0.1, 0.15) is 17.3 Å². The van der Waals surface area contributed by atoms with Gasteiger partial charge < -0.3 is 0 Å². The van der Waals surface area contributed by atoms with Crippen LogP contribution in [-0.4, -0.2) is 88.8 Å². The Morgan fingerprint density at radius 3 is 0.483 bits per heavy atom. The van der Waals surface area contributed by atoms with E-state index >= 15 is 0 Å². The van der Waals surface area contributed by atoms with Crippen LogP contribution in [-0.2, 0) is 28.8 Å². The maximum absolute atomic E-state index is 12.9. The Kier molecular flexibility index (Phi) is 18.5. The second-order valence-electron chi connectivity index (χ2n) is 14.8. The van der Waals surface area contributed by atoms with Crippen molar-refractivity contribution in [1.82, 2.24) is 0 Å². The van der Waals surface area contributed by atoms with Gasteiger partial charge in [0.15, 0.2) is 0 Å². The van der Waals surface area contributed by atoms with Crippen molar-refractivity contribution in [2.45, 2.75) is 136 Å². The van der Waals surface area contributed by atoms with Crippen molar-refractivity contribution in [3.63, 3.8) is 0 Å². The van der Waals surface area contributed by atoms with Crippen LogP contribution in [0.25, 0.3) is 0 Å². The van der Waals surface area contributed by atoms with Gasteiger partial charge in [0.05, 0.1) is 19.3 Å². The first kappa shape index (κ1) is 60.2. The molecule has 58 heavy (non-hydrogen) atoms. The van der Waals surface area contributed by atoms with Gasteiger partial charge in [-0.2, -0.15) is 92.2 Å². The van der Waals surface area contributed by atoms with E-state index < -0.39 is 124 Å². The molecule has 0 aliphatic heterocycles. The van der Waals surface area contributed by atoms with Gasteiger partial charge >= 0.3 is 54.1 Å². The summed E-state index contributed by atoms with van der Waals surface area (Å²) in [6.07, 6.45) is -24.8. The zero-order valence-corrected chi connectivity index (χ0v) is 32.9. The number of halogens is 21. The zero-order chi connectivity index (χ0) is 47.6. The molecule has 0 fully saturated rings. The summed E-state index contributed by atoms with van der Waals surface area (Å²) in [6.45, 7) is 10.9. The fraction of sp³-hybridized carbons (Fsp3) is 0.800. The molecule has 0 spiro atoms. The molecular weight excluding hydrogens is 1120 g/mol. The summed E-state index contributed by atoms with van der Waals surface area (Å²) < 4.78 is 258. The molecule has 0 N–H and O–H groups in total. The van der Waals surface area contributed by atoms with Crippen LogP contribution in [0, 0.1) is 16.2 Å². The molecule has 0 rings (SSSR count). The van der Waals surface area contributed by atoms with E-state index in [2.05, 4.69) is 0 Å². The van der Waals surface area contributed by atoms with E-state index in [1.54, 1.807) is 0 Å². The van der Waals surface area contributed by atoms with Crippen LogP contribution in [0.2, 0.25) is 0 Å². The van der Waals surface area contributed by atoms with Gasteiger partial charge in [-0.25, -0.2) is 0 Å². The van der Waals surface area contributed by atoms with Crippen molar-refractivity contribution < 1.29 is 121 Å². The molecule has 0 atom stereocenters. The van der Waals surface area contributed by atoms with Crippen LogP contribution in [0.1, 0.15) is 81.6 Å². The molecule has 0 saturated carbocycles. The van der Waals surface area contributed by atoms with Gasteiger partial charge in [-0.3, -0.25) is 28.8 Å². The third-order valence-corrected chi connectivity index (χ3v) is 6.77. The molecule has 1 radical (unpaired) electrons. The molecule has 0 aromatic heterocycles. The molecule has 0 aromatic rings. The Hall–Kier alpha value is -4.45. The minimum Gasteiger partial charge on any atom is -0.299 e. The van der Waals surface area contributed by atoms with Gasteiger partial charge in [-0.1, -0.05) is 62.3 Å². The summed E-state index contributed by atoms with van der Waals surface area (Å²) in [7, 11) is 0. The average molecular weight is 1150 g/mol. The Balaban J connectivity index is -0.000000374. The minimum absolute atomic E-state index is 0. The Bertz CT molecular complexity index is 1310. The van der Waals surface area contributed by atoms with E-state index in [0.29, 0.717) is 0 Å². The first-order valence-electron chi connectivity index (χ1n) is 14.8. The van der Waals surface area contributed by atoms with Crippen LogP contribution in [0.3, 0.4) is 0 Å². The van der Waals surface area contributed by atoms with Crippen molar-refractivity contribution in [2.75, 3.05) is 0 Å². The number of ketones is 6. The molecule has 28 heteroatoms. The Morgan fingerprint density at radius 1 is 0.276 bits per heavy atom. The summed E-state index contributed by atoms with van der Waals surface area (Å²) in [5, 5.41) is 0. The number of Topliss-reactive ketones (excluding diaryl/α,β-unsaturated/α-hetero) is 6. The maximum atomic E-state index is 12.9. The molecule has 0 bridgehead atoms. The van der Waals surface area contributed by atoms with Gasteiger partial charge in [-0.05, 0) is 0 Å². The van der Waals surface area contributed by atoms with E-state index in [1.807, 2.05) is 0 Å². The van der Waals surface area contributed by atoms with Gasteiger partial charge in [0.25, 0.3) is 0 Å². The third kappa shape index (κ3) is 13.8. The number of carbonyl (C=O) groups is 6. The van der Waals surface area contributed by atoms with Crippen LogP contribution in [0.15, 0.2) is 0 Å². The molecule has 0 saturated heterocycles. The number of carbonyl (C=O) groups excluding carboxylic acids is 6. The average Bonchev–Trinajstić information content (AvgIpc) is 2.93. The predicted molar refractivity (Wildman–Crippen MR) is 150 cm³/mol. The number of hydrogen-bond donors (Lipinski definition) is 0. The van der Waals surface area contributed by atoms with Crippen molar-refractivity contribution in [1.29, 1.82) is 0 Å². The summed E-state index contributed by atoms with van der Waals surface area (Å²) in [5.41, 5.74) is -3.92. The Labute approximate surface area is 308 Å². The normalized spacial score (nSPS) is 14.2. The van der Waals surface area contributed by atoms with Crippen LogP contribution in [0.4, 0.5) is 92.2 Å². The van der Waals surface area contributed by atoms with Crippen LogP contribution >= 0.6 is 0 Å². The molecule has 0 amide bonds. The van der Waals surface area contributed by atoms with Gasteiger partial charge in [0, 0.05) is 16.2 Å². The van der Waals surface area contributed by atoms with E-state index in [4.69, 9.17) is 0 Å². The molecule has 0 aliphatic rings. The topological polar surface area (TPSA) is 102 Å². The van der Waals surface area contributed by atoms with E-state index in [0.717, 1.165) is 0 Å². The Morgan fingerprint density at radius 2 is 0.397 bits per heavy atom. The summed E-state index contributed by atoms with van der Waals surface area (Å²) >= 11 is 0. The first-order valence-corrected chi connectivity index (χ1v) is 14.8. The maximum Gasteiger partial charge on any atom is 0.460 e. The van der Waals surface area contributed by atoms with Gasteiger partial charge in [0.2, 0.25) is 17.3 Å². The molecule has 6 nitrogen and oxygen atoms in total. The van der Waals surface area contributed by atoms with E-state index in [-0.39, 0.29) is 0 Å². The molecule has 0 aromatic carbocycles. The second-order valence-corrected chi connectivity index (χ2v) is 14.8. The van der Waals surface area contributed by atoms with Crippen molar-refractivity contribution in [3.8, 4) is 0 Å². The standard InChI is InChI=1S/3C10H11F7O2.Lr/c3*1-7(2,3)5(18)4-6(19)8(11,12)9(13,14)10(15,16)17;/h3*4H2,1-3H3;. The van der Waals surface area contributed by atoms with Crippen molar-refractivity contribution in [2.24, 2.45) is 16.2 Å². The predicted octanol–water partition coefficient (Wildman–Crippen LogP) is 10.2. The second kappa shape index (κ2) is 17.8. The van der Waals surface area contributed by atoms with Crippen molar-refractivity contribution >= 4 is 34.7 Å². The minimum atomic E-state index is -6.59. The van der Waals surface area contributed by atoms with Crippen LogP contribution in [0.5, 0.6) is 0 Å². The first-order chi connectivity index (χ1) is 24.1. The summed E-state index contributed by atoms with van der Waals surface area (Å²) in [5.74, 6) is -49.2. The number of alkyl halides is 21. The van der Waals surface area contributed by atoms with Crippen LogP contribution < -0.4 is 0 Å². The fourth-order valence-corrected chi connectivity index (χ4v) is 2.63. The smallest absolute Gasteiger partial charge is 0.299 e. The summed E-state index contributed by atoms with van der Waals surface area (Å²) in [6, 6.07) is 0. The molecular formula is C30H33F21LrO6. The molecule has 0 heterocycles. The van der Waals surface area contributed by atoms with E-state index in [1.165, 1.54) is 62.3 Å². The molecule has 351 valence electrons.